The van der Waals surface area contributed by atoms with Gasteiger partial charge in [-0.3, -0.25) is 4.79 Å². The van der Waals surface area contributed by atoms with E-state index in [-0.39, 0.29) is 5.91 Å². The van der Waals surface area contributed by atoms with Gasteiger partial charge in [0, 0.05) is 23.8 Å². The van der Waals surface area contributed by atoms with Gasteiger partial charge in [-0.2, -0.15) is 0 Å². The molecule has 0 radical (unpaired) electrons. The van der Waals surface area contributed by atoms with Gasteiger partial charge in [-0.1, -0.05) is 6.07 Å². The molecule has 1 aromatic heterocycles. The van der Waals surface area contributed by atoms with Gasteiger partial charge in [-0.15, -0.1) is 11.3 Å². The fourth-order valence-electron chi connectivity index (χ4n) is 1.50. The summed E-state index contributed by atoms with van der Waals surface area (Å²) >= 11 is 1.78. The maximum absolute atomic E-state index is 10.9. The molecule has 1 amide bonds. The summed E-state index contributed by atoms with van der Waals surface area (Å²) in [6.45, 7) is 0.819. The summed E-state index contributed by atoms with van der Waals surface area (Å²) in [4.78, 5) is 12.3. The molecule has 1 saturated heterocycles. The highest BCUT2D eigenvalue weighted by Gasteiger charge is 2.19. The van der Waals surface area contributed by atoms with E-state index in [0.717, 1.165) is 13.0 Å². The molecule has 64 valence electrons. The highest BCUT2D eigenvalue weighted by molar-refractivity contribution is 7.10. The second-order valence-corrected chi connectivity index (χ2v) is 4.03. The monoisotopic (exact) mass is 181 g/mol. The van der Waals surface area contributed by atoms with Crippen molar-refractivity contribution in [3.05, 3.63) is 22.4 Å². The fourth-order valence-corrected chi connectivity index (χ4v) is 2.36. The Morgan fingerprint density at radius 3 is 3.08 bits per heavy atom. The lowest BCUT2D eigenvalue weighted by atomic mass is 9.98. The first-order valence-corrected chi connectivity index (χ1v) is 5.04. The Morgan fingerprint density at radius 2 is 2.50 bits per heavy atom. The molecule has 1 aliphatic rings. The van der Waals surface area contributed by atoms with Crippen molar-refractivity contribution in [1.82, 2.24) is 5.32 Å². The van der Waals surface area contributed by atoms with Crippen LogP contribution in [0.1, 0.15) is 23.6 Å². The van der Waals surface area contributed by atoms with Crippen LogP contribution in [0.15, 0.2) is 17.5 Å². The molecule has 1 fully saturated rings. The minimum absolute atomic E-state index is 0.197. The van der Waals surface area contributed by atoms with Gasteiger partial charge in [-0.05, 0) is 17.9 Å². The van der Waals surface area contributed by atoms with Crippen LogP contribution in [-0.2, 0) is 4.79 Å². The molecule has 2 rings (SSSR count). The summed E-state index contributed by atoms with van der Waals surface area (Å²) in [5.74, 6) is 0.755. The Kier molecular flexibility index (Phi) is 2.13. The quantitative estimate of drug-likeness (QED) is 0.702. The zero-order chi connectivity index (χ0) is 8.39. The largest absolute Gasteiger partial charge is 0.355 e. The van der Waals surface area contributed by atoms with Crippen LogP contribution in [0.2, 0.25) is 0 Å². The molecule has 0 bridgehead atoms. The second-order valence-electron chi connectivity index (χ2n) is 3.06. The topological polar surface area (TPSA) is 29.1 Å². The van der Waals surface area contributed by atoms with Crippen LogP contribution in [-0.4, -0.2) is 12.5 Å². The van der Waals surface area contributed by atoms with Gasteiger partial charge in [0.05, 0.1) is 0 Å². The highest BCUT2D eigenvalue weighted by atomic mass is 32.1. The Morgan fingerprint density at radius 1 is 1.58 bits per heavy atom. The summed E-state index contributed by atoms with van der Waals surface area (Å²) < 4.78 is 0. The lowest BCUT2D eigenvalue weighted by Crippen LogP contribution is -2.33. The lowest BCUT2D eigenvalue weighted by Gasteiger charge is -2.20. The van der Waals surface area contributed by atoms with E-state index in [2.05, 4.69) is 22.8 Å². The Balaban J connectivity index is 2.03. The third-order valence-electron chi connectivity index (χ3n) is 2.21. The first-order chi connectivity index (χ1) is 5.86. The molecule has 1 atom stereocenters. The van der Waals surface area contributed by atoms with E-state index in [9.17, 15) is 4.79 Å². The number of nitrogens with one attached hydrogen (secondary N) is 1. The Bertz CT molecular complexity index is 258. The Labute approximate surface area is 75.6 Å². The fraction of sp³-hybridized carbons (Fsp3) is 0.444. The van der Waals surface area contributed by atoms with E-state index >= 15 is 0 Å². The van der Waals surface area contributed by atoms with E-state index in [1.54, 1.807) is 11.3 Å². The summed E-state index contributed by atoms with van der Waals surface area (Å²) in [6.07, 6.45) is 1.69. The third-order valence-corrected chi connectivity index (χ3v) is 3.25. The summed E-state index contributed by atoms with van der Waals surface area (Å²) in [7, 11) is 0. The van der Waals surface area contributed by atoms with Crippen LogP contribution in [0.25, 0.3) is 0 Å². The molecule has 1 N–H and O–H groups in total. The molecule has 2 heterocycles. The van der Waals surface area contributed by atoms with Gasteiger partial charge in [0.25, 0.3) is 0 Å². The predicted octanol–water partition coefficient (Wildman–Crippen LogP) is 1.74. The summed E-state index contributed by atoms with van der Waals surface area (Å²) in [5, 5.41) is 4.98. The van der Waals surface area contributed by atoms with Crippen LogP contribution >= 0.6 is 11.3 Å². The van der Waals surface area contributed by atoms with Crippen molar-refractivity contribution >= 4 is 17.2 Å². The molecule has 12 heavy (non-hydrogen) atoms. The maximum atomic E-state index is 10.9. The molecule has 2 nitrogen and oxygen atoms in total. The molecule has 3 heteroatoms. The number of rotatable bonds is 1. The Hall–Kier alpha value is -0.830. The minimum Gasteiger partial charge on any atom is -0.355 e. The van der Waals surface area contributed by atoms with E-state index in [1.165, 1.54) is 4.88 Å². The predicted molar refractivity (Wildman–Crippen MR) is 49.3 cm³/mol. The highest BCUT2D eigenvalue weighted by Crippen LogP contribution is 2.26. The van der Waals surface area contributed by atoms with Crippen LogP contribution in [0, 0.1) is 0 Å². The average Bonchev–Trinajstić information content (AvgIpc) is 2.58. The van der Waals surface area contributed by atoms with E-state index in [0.29, 0.717) is 12.3 Å². The number of hydrogen-bond acceptors (Lipinski definition) is 2. The normalized spacial score (nSPS) is 23.7. The van der Waals surface area contributed by atoms with Gasteiger partial charge < -0.3 is 5.32 Å². The van der Waals surface area contributed by atoms with Crippen LogP contribution in [0.3, 0.4) is 0 Å². The molecule has 0 spiro atoms. The molecule has 0 saturated carbocycles. The number of hydrogen-bond donors (Lipinski definition) is 1. The standard InChI is InChI=1S/C9H11NOS/c11-9-4-3-7(6-10-9)8-2-1-5-12-8/h1-2,5,7H,3-4,6H2,(H,10,11). The third kappa shape index (κ3) is 1.50. The minimum atomic E-state index is 0.197. The summed E-state index contributed by atoms with van der Waals surface area (Å²) in [6, 6.07) is 4.21. The van der Waals surface area contributed by atoms with E-state index < -0.39 is 0 Å². The van der Waals surface area contributed by atoms with Gasteiger partial charge in [-0.25, -0.2) is 0 Å². The number of carbonyl (C=O) groups excluding carboxylic acids is 1. The van der Waals surface area contributed by atoms with Crippen molar-refractivity contribution in [2.75, 3.05) is 6.54 Å². The zero-order valence-electron chi connectivity index (χ0n) is 6.75. The molecular formula is C9H11NOS. The first kappa shape index (κ1) is 7.80. The second kappa shape index (κ2) is 3.27. The SMILES string of the molecule is O=C1CCC(c2cccs2)CN1. The molecule has 1 unspecified atom stereocenters. The van der Waals surface area contributed by atoms with Crippen molar-refractivity contribution in [3.8, 4) is 0 Å². The van der Waals surface area contributed by atoms with Crippen molar-refractivity contribution in [1.29, 1.82) is 0 Å². The number of amides is 1. The van der Waals surface area contributed by atoms with Crippen LogP contribution in [0.5, 0.6) is 0 Å². The van der Waals surface area contributed by atoms with Gasteiger partial charge in [0.1, 0.15) is 0 Å². The van der Waals surface area contributed by atoms with Crippen molar-refractivity contribution < 1.29 is 4.79 Å². The molecular weight excluding hydrogens is 170 g/mol. The van der Waals surface area contributed by atoms with Gasteiger partial charge in [0.15, 0.2) is 0 Å². The maximum Gasteiger partial charge on any atom is 0.220 e. The molecule has 0 aromatic carbocycles. The number of thiophene rings is 1. The zero-order valence-corrected chi connectivity index (χ0v) is 7.56. The number of piperidine rings is 1. The molecule has 0 aliphatic carbocycles. The van der Waals surface area contributed by atoms with Gasteiger partial charge in [0.2, 0.25) is 5.91 Å². The van der Waals surface area contributed by atoms with E-state index in [4.69, 9.17) is 0 Å². The number of carbonyl (C=O) groups is 1. The van der Waals surface area contributed by atoms with Crippen LogP contribution in [0.4, 0.5) is 0 Å². The first-order valence-electron chi connectivity index (χ1n) is 4.16. The van der Waals surface area contributed by atoms with Crippen LogP contribution < -0.4 is 5.32 Å². The molecule has 1 aliphatic heterocycles. The van der Waals surface area contributed by atoms with Crippen molar-refractivity contribution in [3.63, 3.8) is 0 Å². The van der Waals surface area contributed by atoms with Crippen molar-refractivity contribution in [2.24, 2.45) is 0 Å². The van der Waals surface area contributed by atoms with Gasteiger partial charge >= 0.3 is 0 Å². The smallest absolute Gasteiger partial charge is 0.220 e. The summed E-state index contributed by atoms with van der Waals surface area (Å²) in [5.41, 5.74) is 0. The van der Waals surface area contributed by atoms with E-state index in [1.807, 2.05) is 0 Å². The lowest BCUT2D eigenvalue weighted by molar-refractivity contribution is -0.122. The average molecular weight is 181 g/mol. The van der Waals surface area contributed by atoms with Crippen molar-refractivity contribution in [2.45, 2.75) is 18.8 Å². The molecule has 1 aromatic rings.